The molecule has 3 N–H and O–H groups in total. The van der Waals surface area contributed by atoms with E-state index in [0.717, 1.165) is 19.4 Å². The van der Waals surface area contributed by atoms with Crippen LogP contribution in [-0.4, -0.2) is 12.1 Å². The Hall–Kier alpha value is -0.380. The molecule has 1 fully saturated rings. The minimum Gasteiger partial charge on any atom is -0.328 e. The van der Waals surface area contributed by atoms with Crippen molar-refractivity contribution in [2.75, 3.05) is 0 Å². The van der Waals surface area contributed by atoms with Gasteiger partial charge in [0, 0.05) is 23.1 Å². The van der Waals surface area contributed by atoms with Crippen LogP contribution in [0.25, 0.3) is 0 Å². The number of nitrogens with two attached hydrogens (primary N) is 1. The predicted octanol–water partition coefficient (Wildman–Crippen LogP) is 2.81. The maximum absolute atomic E-state index is 5.89. The lowest BCUT2D eigenvalue weighted by atomic mass is 9.92. The molecular weight excluding hydrogens is 264 g/mol. The molecule has 1 saturated carbocycles. The molecule has 1 aromatic carbocycles. The molecular formula is C13H19BrN2. The third-order valence-electron chi connectivity index (χ3n) is 3.31. The van der Waals surface area contributed by atoms with Gasteiger partial charge >= 0.3 is 0 Å². The highest BCUT2D eigenvalue weighted by Gasteiger charge is 2.17. The smallest absolute Gasteiger partial charge is 0.0220 e. The normalized spacial score (nSPS) is 25.6. The fourth-order valence-electron chi connectivity index (χ4n) is 2.22. The van der Waals surface area contributed by atoms with Gasteiger partial charge in [-0.15, -0.1) is 0 Å². The van der Waals surface area contributed by atoms with E-state index >= 15 is 0 Å². The van der Waals surface area contributed by atoms with Gasteiger partial charge in [0.05, 0.1) is 0 Å². The molecule has 0 aromatic heterocycles. The summed E-state index contributed by atoms with van der Waals surface area (Å²) in [4.78, 5) is 0. The molecule has 0 saturated heterocycles. The van der Waals surface area contributed by atoms with Crippen molar-refractivity contribution < 1.29 is 0 Å². The van der Waals surface area contributed by atoms with E-state index in [1.807, 2.05) is 6.07 Å². The summed E-state index contributed by atoms with van der Waals surface area (Å²) in [7, 11) is 0. The van der Waals surface area contributed by atoms with Crippen molar-refractivity contribution in [2.45, 2.75) is 44.3 Å². The van der Waals surface area contributed by atoms with Gasteiger partial charge in [0.15, 0.2) is 0 Å². The van der Waals surface area contributed by atoms with Gasteiger partial charge < -0.3 is 11.1 Å². The standard InChI is InChI=1S/C13H19BrN2/c14-13-4-2-1-3-10(13)9-16-12-7-5-11(15)6-8-12/h1-4,11-12,16H,5-9,15H2. The van der Waals surface area contributed by atoms with Gasteiger partial charge in [-0.05, 0) is 37.3 Å². The van der Waals surface area contributed by atoms with Crippen LogP contribution in [0.3, 0.4) is 0 Å². The molecule has 0 heterocycles. The zero-order valence-electron chi connectivity index (χ0n) is 9.45. The Balaban J connectivity index is 1.81. The summed E-state index contributed by atoms with van der Waals surface area (Å²) in [5.41, 5.74) is 7.22. The van der Waals surface area contributed by atoms with Gasteiger partial charge in [0.1, 0.15) is 0 Å². The molecule has 0 unspecified atom stereocenters. The summed E-state index contributed by atoms with van der Waals surface area (Å²) in [6, 6.07) is 9.46. The molecule has 1 aliphatic rings. The van der Waals surface area contributed by atoms with Crippen LogP contribution in [0, 0.1) is 0 Å². The first-order chi connectivity index (χ1) is 7.75. The highest BCUT2D eigenvalue weighted by molar-refractivity contribution is 9.10. The van der Waals surface area contributed by atoms with Gasteiger partial charge in [0.2, 0.25) is 0 Å². The van der Waals surface area contributed by atoms with Crippen LogP contribution in [0.5, 0.6) is 0 Å². The van der Waals surface area contributed by atoms with Crippen molar-refractivity contribution >= 4 is 15.9 Å². The Bertz CT molecular complexity index is 332. The summed E-state index contributed by atoms with van der Waals surface area (Å²) < 4.78 is 1.19. The molecule has 2 nitrogen and oxygen atoms in total. The third kappa shape index (κ3) is 3.30. The molecule has 16 heavy (non-hydrogen) atoms. The number of rotatable bonds is 3. The third-order valence-corrected chi connectivity index (χ3v) is 4.08. The van der Waals surface area contributed by atoms with Crippen molar-refractivity contribution in [1.82, 2.24) is 5.32 Å². The van der Waals surface area contributed by atoms with Crippen molar-refractivity contribution in [3.63, 3.8) is 0 Å². The molecule has 3 heteroatoms. The second-order valence-electron chi connectivity index (χ2n) is 4.58. The second kappa shape index (κ2) is 5.80. The summed E-state index contributed by atoms with van der Waals surface area (Å²) in [6.45, 7) is 0.946. The SMILES string of the molecule is NC1CCC(NCc2ccccc2Br)CC1. The van der Waals surface area contributed by atoms with Crippen LogP contribution < -0.4 is 11.1 Å². The first-order valence-electron chi connectivity index (χ1n) is 5.98. The molecule has 1 aromatic rings. The summed E-state index contributed by atoms with van der Waals surface area (Å²) in [5, 5.41) is 3.61. The number of halogens is 1. The number of hydrogen-bond donors (Lipinski definition) is 2. The Kier molecular flexibility index (Phi) is 4.38. The average molecular weight is 283 g/mol. The van der Waals surface area contributed by atoms with Crippen LogP contribution in [0.2, 0.25) is 0 Å². The first-order valence-corrected chi connectivity index (χ1v) is 6.77. The highest BCUT2D eigenvalue weighted by Crippen LogP contribution is 2.19. The molecule has 0 atom stereocenters. The zero-order valence-corrected chi connectivity index (χ0v) is 11.0. The number of benzene rings is 1. The summed E-state index contributed by atoms with van der Waals surface area (Å²) in [5.74, 6) is 0. The molecule has 0 amide bonds. The second-order valence-corrected chi connectivity index (χ2v) is 5.44. The summed E-state index contributed by atoms with van der Waals surface area (Å²) in [6.07, 6.45) is 4.75. The lowest BCUT2D eigenvalue weighted by Crippen LogP contribution is -2.37. The Labute approximate surface area is 106 Å². The lowest BCUT2D eigenvalue weighted by Gasteiger charge is -2.27. The maximum atomic E-state index is 5.89. The van der Waals surface area contributed by atoms with E-state index in [9.17, 15) is 0 Å². The fourth-order valence-corrected chi connectivity index (χ4v) is 2.64. The lowest BCUT2D eigenvalue weighted by molar-refractivity contribution is 0.341. The molecule has 0 radical (unpaired) electrons. The average Bonchev–Trinajstić information content (AvgIpc) is 2.30. The van der Waals surface area contributed by atoms with Crippen LogP contribution in [0.15, 0.2) is 28.7 Å². The Morgan fingerprint density at radius 3 is 2.56 bits per heavy atom. The van der Waals surface area contributed by atoms with E-state index in [4.69, 9.17) is 5.73 Å². The van der Waals surface area contributed by atoms with Crippen LogP contribution in [0.4, 0.5) is 0 Å². The van der Waals surface area contributed by atoms with Crippen molar-refractivity contribution in [2.24, 2.45) is 5.73 Å². The van der Waals surface area contributed by atoms with E-state index in [1.165, 1.54) is 22.9 Å². The topological polar surface area (TPSA) is 38.0 Å². The fraction of sp³-hybridized carbons (Fsp3) is 0.538. The van der Waals surface area contributed by atoms with Gasteiger partial charge in [-0.3, -0.25) is 0 Å². The number of hydrogen-bond acceptors (Lipinski definition) is 2. The van der Waals surface area contributed by atoms with E-state index in [-0.39, 0.29) is 0 Å². The monoisotopic (exact) mass is 282 g/mol. The predicted molar refractivity (Wildman–Crippen MR) is 71.2 cm³/mol. The van der Waals surface area contributed by atoms with Gasteiger partial charge in [0.25, 0.3) is 0 Å². The van der Waals surface area contributed by atoms with Crippen LogP contribution >= 0.6 is 15.9 Å². The van der Waals surface area contributed by atoms with E-state index in [1.54, 1.807) is 0 Å². The van der Waals surface area contributed by atoms with Crippen LogP contribution in [-0.2, 0) is 6.54 Å². The van der Waals surface area contributed by atoms with Crippen LogP contribution in [0.1, 0.15) is 31.2 Å². The Morgan fingerprint density at radius 1 is 1.19 bits per heavy atom. The van der Waals surface area contributed by atoms with Gasteiger partial charge in [-0.1, -0.05) is 34.1 Å². The first kappa shape index (κ1) is 12.1. The van der Waals surface area contributed by atoms with E-state index < -0.39 is 0 Å². The summed E-state index contributed by atoms with van der Waals surface area (Å²) >= 11 is 3.57. The van der Waals surface area contributed by atoms with Gasteiger partial charge in [-0.2, -0.15) is 0 Å². The van der Waals surface area contributed by atoms with Gasteiger partial charge in [-0.25, -0.2) is 0 Å². The van der Waals surface area contributed by atoms with Crippen molar-refractivity contribution in [1.29, 1.82) is 0 Å². The molecule has 0 aliphatic heterocycles. The minimum atomic E-state index is 0.432. The quantitative estimate of drug-likeness (QED) is 0.895. The van der Waals surface area contributed by atoms with Crippen molar-refractivity contribution in [3.8, 4) is 0 Å². The zero-order chi connectivity index (χ0) is 11.4. The molecule has 1 aliphatic carbocycles. The molecule has 0 spiro atoms. The largest absolute Gasteiger partial charge is 0.328 e. The maximum Gasteiger partial charge on any atom is 0.0220 e. The minimum absolute atomic E-state index is 0.432. The van der Waals surface area contributed by atoms with E-state index in [0.29, 0.717) is 12.1 Å². The van der Waals surface area contributed by atoms with Crippen molar-refractivity contribution in [3.05, 3.63) is 34.3 Å². The highest BCUT2D eigenvalue weighted by atomic mass is 79.9. The van der Waals surface area contributed by atoms with E-state index in [2.05, 4.69) is 39.4 Å². The molecule has 2 rings (SSSR count). The molecule has 0 bridgehead atoms. The Morgan fingerprint density at radius 2 is 1.88 bits per heavy atom. The molecule has 88 valence electrons. The number of nitrogens with one attached hydrogen (secondary N) is 1.